The van der Waals surface area contributed by atoms with Crippen LogP contribution < -0.4 is 0 Å². The summed E-state index contributed by atoms with van der Waals surface area (Å²) in [7, 11) is 0. The van der Waals surface area contributed by atoms with Gasteiger partial charge in [-0.05, 0) is 51.2 Å². The van der Waals surface area contributed by atoms with E-state index in [0.29, 0.717) is 5.78 Å². The van der Waals surface area contributed by atoms with Crippen molar-refractivity contribution in [3.8, 4) is 0 Å². The third-order valence-electron chi connectivity index (χ3n) is 4.39. The minimum absolute atomic E-state index is 0.0926. The van der Waals surface area contributed by atoms with E-state index in [9.17, 15) is 4.79 Å². The lowest BCUT2D eigenvalue weighted by atomic mass is 9.91. The van der Waals surface area contributed by atoms with Crippen molar-refractivity contribution in [2.75, 3.05) is 0 Å². The second kappa shape index (κ2) is 5.84. The van der Waals surface area contributed by atoms with Gasteiger partial charge in [0, 0.05) is 23.7 Å². The van der Waals surface area contributed by atoms with Gasteiger partial charge in [-0.15, -0.1) is 0 Å². The molecule has 3 heteroatoms. The second-order valence-corrected chi connectivity index (χ2v) is 5.91. The average Bonchev–Trinajstić information content (AvgIpc) is 2.77. The molecule has 0 aliphatic heterocycles. The van der Waals surface area contributed by atoms with E-state index >= 15 is 0 Å². The molecule has 0 bridgehead atoms. The SMILES string of the molecule is CCn1nc(C)cc1CC1CCCc2ccccc2C1=O. The number of aryl methyl sites for hydroxylation is 3. The number of hydrogen-bond donors (Lipinski definition) is 0. The molecular weight excluding hydrogens is 260 g/mol. The molecule has 0 saturated heterocycles. The highest BCUT2D eigenvalue weighted by atomic mass is 16.1. The Balaban J connectivity index is 1.87. The Kier molecular flexibility index (Phi) is 3.91. The molecule has 0 radical (unpaired) electrons. The summed E-state index contributed by atoms with van der Waals surface area (Å²) in [6, 6.07) is 10.2. The summed E-state index contributed by atoms with van der Waals surface area (Å²) in [6.45, 7) is 4.97. The van der Waals surface area contributed by atoms with Gasteiger partial charge in [0.15, 0.2) is 5.78 Å². The second-order valence-electron chi connectivity index (χ2n) is 5.91. The van der Waals surface area contributed by atoms with E-state index in [1.807, 2.05) is 29.8 Å². The Morgan fingerprint density at radius 1 is 1.33 bits per heavy atom. The lowest BCUT2D eigenvalue weighted by Crippen LogP contribution is -2.18. The van der Waals surface area contributed by atoms with Crippen LogP contribution in [0, 0.1) is 12.8 Å². The van der Waals surface area contributed by atoms with Crippen molar-refractivity contribution in [1.82, 2.24) is 9.78 Å². The van der Waals surface area contributed by atoms with Crippen LogP contribution in [0.5, 0.6) is 0 Å². The zero-order valence-corrected chi connectivity index (χ0v) is 12.8. The number of carbonyl (C=O) groups excluding carboxylic acids is 1. The Morgan fingerprint density at radius 2 is 2.14 bits per heavy atom. The van der Waals surface area contributed by atoms with Crippen molar-refractivity contribution in [3.05, 3.63) is 52.8 Å². The Morgan fingerprint density at radius 3 is 2.95 bits per heavy atom. The number of fused-ring (bicyclic) bond motifs is 1. The van der Waals surface area contributed by atoms with Gasteiger partial charge in [-0.3, -0.25) is 9.48 Å². The molecule has 0 fully saturated rings. The lowest BCUT2D eigenvalue weighted by molar-refractivity contribution is 0.0914. The smallest absolute Gasteiger partial charge is 0.166 e. The fraction of sp³-hybridized carbons (Fsp3) is 0.444. The van der Waals surface area contributed by atoms with E-state index in [2.05, 4.69) is 24.2 Å². The van der Waals surface area contributed by atoms with Crippen molar-refractivity contribution in [3.63, 3.8) is 0 Å². The molecule has 1 unspecified atom stereocenters. The quantitative estimate of drug-likeness (QED) is 0.806. The zero-order chi connectivity index (χ0) is 14.8. The van der Waals surface area contributed by atoms with E-state index in [1.54, 1.807) is 0 Å². The molecule has 21 heavy (non-hydrogen) atoms. The van der Waals surface area contributed by atoms with Gasteiger partial charge >= 0.3 is 0 Å². The number of carbonyl (C=O) groups is 1. The summed E-state index contributed by atoms with van der Waals surface area (Å²) < 4.78 is 2.03. The van der Waals surface area contributed by atoms with Crippen molar-refractivity contribution >= 4 is 5.78 Å². The van der Waals surface area contributed by atoms with Gasteiger partial charge in [-0.25, -0.2) is 0 Å². The number of benzene rings is 1. The molecule has 3 rings (SSSR count). The van der Waals surface area contributed by atoms with Gasteiger partial charge in [0.25, 0.3) is 0 Å². The van der Waals surface area contributed by atoms with Gasteiger partial charge in [-0.2, -0.15) is 5.10 Å². The standard InChI is InChI=1S/C18H22N2O/c1-3-20-16(11-13(2)19-20)12-15-9-6-8-14-7-4-5-10-17(14)18(15)21/h4-5,7,10-11,15H,3,6,8-9,12H2,1-2H3. The van der Waals surface area contributed by atoms with Crippen LogP contribution in [-0.2, 0) is 19.4 Å². The van der Waals surface area contributed by atoms with Crippen LogP contribution in [0.3, 0.4) is 0 Å². The highest BCUT2D eigenvalue weighted by Gasteiger charge is 2.26. The summed E-state index contributed by atoms with van der Waals surface area (Å²) in [5, 5.41) is 4.49. The molecule has 110 valence electrons. The van der Waals surface area contributed by atoms with E-state index < -0.39 is 0 Å². The molecule has 0 amide bonds. The molecule has 0 N–H and O–H groups in total. The molecule has 1 atom stereocenters. The van der Waals surface area contributed by atoms with Gasteiger partial charge in [0.05, 0.1) is 5.69 Å². The first-order chi connectivity index (χ1) is 10.2. The van der Waals surface area contributed by atoms with E-state index in [1.165, 1.54) is 11.3 Å². The molecule has 3 nitrogen and oxygen atoms in total. The Labute approximate surface area is 126 Å². The third-order valence-corrected chi connectivity index (χ3v) is 4.39. The maximum absolute atomic E-state index is 12.8. The van der Waals surface area contributed by atoms with Gasteiger partial charge in [0.1, 0.15) is 0 Å². The van der Waals surface area contributed by atoms with Gasteiger partial charge in [-0.1, -0.05) is 24.3 Å². The van der Waals surface area contributed by atoms with Gasteiger partial charge in [0.2, 0.25) is 0 Å². The largest absolute Gasteiger partial charge is 0.294 e. The first-order valence-electron chi connectivity index (χ1n) is 7.84. The van der Waals surface area contributed by atoms with Crippen LogP contribution in [-0.4, -0.2) is 15.6 Å². The van der Waals surface area contributed by atoms with Crippen LogP contribution >= 0.6 is 0 Å². The van der Waals surface area contributed by atoms with Crippen LogP contribution in [0.4, 0.5) is 0 Å². The molecule has 1 aliphatic carbocycles. The Bertz CT molecular complexity index is 657. The predicted molar refractivity (Wildman–Crippen MR) is 83.5 cm³/mol. The lowest BCUT2D eigenvalue weighted by Gasteiger charge is -2.14. The normalized spacial score (nSPS) is 18.4. The monoisotopic (exact) mass is 282 g/mol. The topological polar surface area (TPSA) is 34.9 Å². The number of nitrogens with zero attached hydrogens (tertiary/aromatic N) is 2. The molecule has 1 aromatic heterocycles. The number of hydrogen-bond acceptors (Lipinski definition) is 2. The molecule has 0 spiro atoms. The molecule has 1 aromatic carbocycles. The highest BCUT2D eigenvalue weighted by molar-refractivity contribution is 5.99. The maximum Gasteiger partial charge on any atom is 0.166 e. The molecular formula is C18H22N2O. The van der Waals surface area contributed by atoms with Crippen molar-refractivity contribution in [2.45, 2.75) is 46.1 Å². The number of rotatable bonds is 3. The molecule has 2 aromatic rings. The van der Waals surface area contributed by atoms with E-state index in [4.69, 9.17) is 0 Å². The fourth-order valence-corrected chi connectivity index (χ4v) is 3.35. The highest BCUT2D eigenvalue weighted by Crippen LogP contribution is 2.27. The van der Waals surface area contributed by atoms with Crippen molar-refractivity contribution < 1.29 is 4.79 Å². The number of Topliss-reactive ketones (excluding diaryl/α,β-unsaturated/α-hetero) is 1. The molecule has 1 heterocycles. The minimum atomic E-state index is 0.0926. The van der Waals surface area contributed by atoms with Crippen molar-refractivity contribution in [1.29, 1.82) is 0 Å². The van der Waals surface area contributed by atoms with Crippen LogP contribution in [0.25, 0.3) is 0 Å². The fourth-order valence-electron chi connectivity index (χ4n) is 3.35. The maximum atomic E-state index is 12.8. The molecule has 0 saturated carbocycles. The van der Waals surface area contributed by atoms with E-state index in [0.717, 1.165) is 43.5 Å². The van der Waals surface area contributed by atoms with Crippen LogP contribution in [0.2, 0.25) is 0 Å². The first-order valence-corrected chi connectivity index (χ1v) is 7.84. The summed E-state index contributed by atoms with van der Waals surface area (Å²) in [6.07, 6.45) is 3.89. The summed E-state index contributed by atoms with van der Waals surface area (Å²) in [4.78, 5) is 12.8. The Hall–Kier alpha value is -1.90. The van der Waals surface area contributed by atoms with Crippen LogP contribution in [0.15, 0.2) is 30.3 Å². The third kappa shape index (κ3) is 2.78. The summed E-state index contributed by atoms with van der Waals surface area (Å²) >= 11 is 0. The number of ketones is 1. The van der Waals surface area contributed by atoms with Gasteiger partial charge < -0.3 is 0 Å². The zero-order valence-electron chi connectivity index (χ0n) is 12.8. The van der Waals surface area contributed by atoms with Crippen LogP contribution in [0.1, 0.15) is 47.1 Å². The average molecular weight is 282 g/mol. The molecule has 1 aliphatic rings. The summed E-state index contributed by atoms with van der Waals surface area (Å²) in [5.41, 5.74) is 4.37. The predicted octanol–water partition coefficient (Wildman–Crippen LogP) is 3.59. The number of aromatic nitrogens is 2. The first kappa shape index (κ1) is 14.1. The van der Waals surface area contributed by atoms with E-state index in [-0.39, 0.29) is 5.92 Å². The minimum Gasteiger partial charge on any atom is -0.294 e. The summed E-state index contributed by atoms with van der Waals surface area (Å²) in [5.74, 6) is 0.402. The van der Waals surface area contributed by atoms with Crippen molar-refractivity contribution in [2.24, 2.45) is 5.92 Å².